The van der Waals surface area contributed by atoms with Crippen molar-refractivity contribution in [2.24, 2.45) is 0 Å². The molecule has 1 atom stereocenters. The Balaban J connectivity index is 3.10. The average molecular weight is 254 g/mol. The molecule has 1 aromatic rings. The Hall–Kier alpha value is -1.23. The van der Waals surface area contributed by atoms with Crippen LogP contribution in [-0.2, 0) is 11.3 Å². The van der Waals surface area contributed by atoms with Gasteiger partial charge in [0.2, 0.25) is 0 Å². The van der Waals surface area contributed by atoms with E-state index in [9.17, 15) is 0 Å². The van der Waals surface area contributed by atoms with E-state index in [1.54, 1.807) is 7.11 Å². The van der Waals surface area contributed by atoms with E-state index in [4.69, 9.17) is 10.5 Å². The Kier molecular flexibility index (Phi) is 5.47. The zero-order valence-corrected chi connectivity index (χ0v) is 12.2. The van der Waals surface area contributed by atoms with Crippen molar-refractivity contribution in [3.63, 3.8) is 0 Å². The lowest BCUT2D eigenvalue weighted by atomic mass is 10.2. The van der Waals surface area contributed by atoms with Crippen LogP contribution in [0.4, 0.5) is 11.5 Å². The van der Waals surface area contributed by atoms with Gasteiger partial charge in [0, 0.05) is 20.2 Å². The lowest BCUT2D eigenvalue weighted by molar-refractivity contribution is 0.181. The van der Waals surface area contributed by atoms with E-state index in [1.807, 2.05) is 11.6 Å². The monoisotopic (exact) mass is 254 g/mol. The molecule has 0 saturated carbocycles. The van der Waals surface area contributed by atoms with Crippen molar-refractivity contribution >= 4 is 11.5 Å². The van der Waals surface area contributed by atoms with E-state index < -0.39 is 0 Å². The minimum Gasteiger partial charge on any atom is -0.394 e. The number of likely N-dealkylation sites (N-methyl/N-ethyl adjacent to an activating group) is 1. The van der Waals surface area contributed by atoms with Crippen LogP contribution in [0.25, 0.3) is 0 Å². The molecule has 0 radical (unpaired) electrons. The number of ether oxygens (including phenoxy) is 1. The lowest BCUT2D eigenvalue weighted by Crippen LogP contribution is -2.38. The number of rotatable bonds is 7. The fraction of sp³-hybridized carbons (Fsp3) is 0.769. The van der Waals surface area contributed by atoms with Gasteiger partial charge >= 0.3 is 0 Å². The number of nitrogens with zero attached hydrogens (tertiary/aromatic N) is 3. The number of aryl methyl sites for hydroxylation is 2. The first-order valence-corrected chi connectivity index (χ1v) is 6.65. The Morgan fingerprint density at radius 1 is 1.44 bits per heavy atom. The molecule has 2 N–H and O–H groups in total. The van der Waals surface area contributed by atoms with Gasteiger partial charge in [0.25, 0.3) is 0 Å². The predicted molar refractivity (Wildman–Crippen MR) is 76.0 cm³/mol. The molecule has 0 spiro atoms. The van der Waals surface area contributed by atoms with Gasteiger partial charge in [-0.3, -0.25) is 0 Å². The first-order chi connectivity index (χ1) is 8.56. The molecule has 104 valence electrons. The van der Waals surface area contributed by atoms with E-state index in [-0.39, 0.29) is 6.04 Å². The number of hydrogen-bond acceptors (Lipinski definition) is 4. The Morgan fingerprint density at radius 2 is 2.11 bits per heavy atom. The minimum atomic E-state index is 0.286. The molecule has 0 amide bonds. The average Bonchev–Trinajstić information content (AvgIpc) is 2.59. The smallest absolute Gasteiger partial charge is 0.150 e. The van der Waals surface area contributed by atoms with Crippen LogP contribution in [0.15, 0.2) is 0 Å². The van der Waals surface area contributed by atoms with Crippen molar-refractivity contribution in [1.82, 2.24) is 9.78 Å². The van der Waals surface area contributed by atoms with Crippen LogP contribution in [0.2, 0.25) is 0 Å². The molecular formula is C13H26N4O. The van der Waals surface area contributed by atoms with Crippen molar-refractivity contribution in [1.29, 1.82) is 0 Å². The molecular weight excluding hydrogens is 228 g/mol. The van der Waals surface area contributed by atoms with Crippen molar-refractivity contribution in [2.45, 2.75) is 46.7 Å². The summed E-state index contributed by atoms with van der Waals surface area (Å²) in [7, 11) is 1.72. The summed E-state index contributed by atoms with van der Waals surface area (Å²) in [4.78, 5) is 2.26. The largest absolute Gasteiger partial charge is 0.394 e. The fourth-order valence-electron chi connectivity index (χ4n) is 2.26. The third-order valence-electron chi connectivity index (χ3n) is 3.13. The third-order valence-corrected chi connectivity index (χ3v) is 3.13. The maximum atomic E-state index is 6.18. The van der Waals surface area contributed by atoms with E-state index in [0.717, 1.165) is 36.7 Å². The molecule has 0 bridgehead atoms. The second-order valence-corrected chi connectivity index (χ2v) is 4.64. The molecule has 0 aliphatic rings. The molecule has 18 heavy (non-hydrogen) atoms. The highest BCUT2D eigenvalue weighted by Gasteiger charge is 2.21. The highest BCUT2D eigenvalue weighted by Crippen LogP contribution is 2.28. The Labute approximate surface area is 110 Å². The molecule has 1 unspecified atom stereocenters. The van der Waals surface area contributed by atoms with E-state index in [2.05, 4.69) is 30.8 Å². The van der Waals surface area contributed by atoms with Crippen LogP contribution in [0.1, 0.15) is 32.9 Å². The molecule has 5 nitrogen and oxygen atoms in total. The first kappa shape index (κ1) is 14.8. The number of nitrogen functional groups attached to an aromatic ring is 1. The number of aromatic nitrogens is 2. The summed E-state index contributed by atoms with van der Waals surface area (Å²) in [6, 6.07) is 0.286. The Morgan fingerprint density at radius 3 is 2.61 bits per heavy atom. The lowest BCUT2D eigenvalue weighted by Gasteiger charge is -2.30. The van der Waals surface area contributed by atoms with Crippen LogP contribution in [0, 0.1) is 6.92 Å². The second kappa shape index (κ2) is 6.64. The first-order valence-electron chi connectivity index (χ1n) is 6.65. The van der Waals surface area contributed by atoms with Crippen LogP contribution in [-0.4, -0.2) is 36.1 Å². The fourth-order valence-corrected chi connectivity index (χ4v) is 2.26. The normalized spacial score (nSPS) is 12.7. The van der Waals surface area contributed by atoms with Gasteiger partial charge in [-0.25, -0.2) is 4.68 Å². The number of anilines is 2. The number of methoxy groups -OCH3 is 1. The summed E-state index contributed by atoms with van der Waals surface area (Å²) in [5.74, 6) is 1.03. The van der Waals surface area contributed by atoms with E-state index >= 15 is 0 Å². The number of hydrogen-bond donors (Lipinski definition) is 1. The van der Waals surface area contributed by atoms with Crippen molar-refractivity contribution < 1.29 is 4.74 Å². The zero-order chi connectivity index (χ0) is 13.7. The van der Waals surface area contributed by atoms with Gasteiger partial charge < -0.3 is 15.4 Å². The van der Waals surface area contributed by atoms with Gasteiger partial charge in [-0.2, -0.15) is 5.10 Å². The maximum Gasteiger partial charge on any atom is 0.150 e. The quantitative estimate of drug-likeness (QED) is 0.809. The van der Waals surface area contributed by atoms with Gasteiger partial charge in [-0.15, -0.1) is 0 Å². The van der Waals surface area contributed by atoms with Crippen LogP contribution < -0.4 is 10.6 Å². The predicted octanol–water partition coefficient (Wildman–Crippen LogP) is 2.04. The molecule has 1 aromatic heterocycles. The molecule has 5 heteroatoms. The zero-order valence-electron chi connectivity index (χ0n) is 12.2. The van der Waals surface area contributed by atoms with E-state index in [1.165, 1.54) is 0 Å². The summed E-state index contributed by atoms with van der Waals surface area (Å²) in [5, 5.41) is 4.52. The molecule has 1 rings (SSSR count). The SMILES string of the molecule is CCCn1nc(C)c(N)c1N(CC)C(C)COC. The van der Waals surface area contributed by atoms with Crippen molar-refractivity contribution in [3.05, 3.63) is 5.69 Å². The van der Waals surface area contributed by atoms with Crippen molar-refractivity contribution in [2.75, 3.05) is 30.9 Å². The summed E-state index contributed by atoms with van der Waals surface area (Å²) in [5.41, 5.74) is 7.87. The summed E-state index contributed by atoms with van der Waals surface area (Å²) < 4.78 is 7.26. The van der Waals surface area contributed by atoms with Gasteiger partial charge in [-0.1, -0.05) is 6.92 Å². The summed E-state index contributed by atoms with van der Waals surface area (Å²) >= 11 is 0. The van der Waals surface area contributed by atoms with Crippen molar-refractivity contribution in [3.8, 4) is 0 Å². The molecule has 0 aromatic carbocycles. The van der Waals surface area contributed by atoms with Crippen LogP contribution in [0.3, 0.4) is 0 Å². The van der Waals surface area contributed by atoms with E-state index in [0.29, 0.717) is 6.61 Å². The van der Waals surface area contributed by atoms with Crippen LogP contribution >= 0.6 is 0 Å². The molecule has 0 saturated heterocycles. The number of nitrogens with two attached hydrogens (primary N) is 1. The minimum absolute atomic E-state index is 0.286. The summed E-state index contributed by atoms with van der Waals surface area (Å²) in [6.07, 6.45) is 1.05. The van der Waals surface area contributed by atoms with Crippen LogP contribution in [0.5, 0.6) is 0 Å². The maximum absolute atomic E-state index is 6.18. The molecule has 1 heterocycles. The molecule has 0 fully saturated rings. The van der Waals surface area contributed by atoms with Gasteiger partial charge in [0.05, 0.1) is 24.0 Å². The highest BCUT2D eigenvalue weighted by molar-refractivity contribution is 5.66. The van der Waals surface area contributed by atoms with Gasteiger partial charge in [0.1, 0.15) is 0 Å². The second-order valence-electron chi connectivity index (χ2n) is 4.64. The standard InChI is InChI=1S/C13H26N4O/c1-6-8-17-13(12(14)11(4)15-17)16(7-2)10(3)9-18-5/h10H,6-9,14H2,1-5H3. The summed E-state index contributed by atoms with van der Waals surface area (Å²) in [6.45, 7) is 10.8. The van der Waals surface area contributed by atoms with Gasteiger partial charge in [0.15, 0.2) is 5.82 Å². The molecule has 0 aliphatic heterocycles. The topological polar surface area (TPSA) is 56.3 Å². The van der Waals surface area contributed by atoms with Gasteiger partial charge in [-0.05, 0) is 27.2 Å². The third kappa shape index (κ3) is 2.96. The Bertz CT molecular complexity index is 375. The molecule has 0 aliphatic carbocycles. The highest BCUT2D eigenvalue weighted by atomic mass is 16.5.